The fraction of sp³-hybridized carbons (Fsp3) is 0.150. The molecule has 120 valence electrons. The average Bonchev–Trinajstić information content (AvgIpc) is 2.93. The summed E-state index contributed by atoms with van der Waals surface area (Å²) in [6.45, 7) is 6.08. The maximum atomic E-state index is 12.5. The van der Waals surface area contributed by atoms with Gasteiger partial charge in [0.25, 0.3) is 5.56 Å². The number of nitrogens with one attached hydrogen (secondary N) is 1. The van der Waals surface area contributed by atoms with E-state index in [0.29, 0.717) is 4.47 Å². The van der Waals surface area contributed by atoms with E-state index in [2.05, 4.69) is 46.0 Å². The van der Waals surface area contributed by atoms with Crippen molar-refractivity contribution in [3.8, 4) is 11.1 Å². The van der Waals surface area contributed by atoms with E-state index in [-0.39, 0.29) is 5.56 Å². The molecule has 0 saturated heterocycles. The van der Waals surface area contributed by atoms with Gasteiger partial charge in [-0.1, -0.05) is 24.3 Å². The highest BCUT2D eigenvalue weighted by atomic mass is 79.9. The second-order valence-corrected chi connectivity index (χ2v) is 6.97. The van der Waals surface area contributed by atoms with Gasteiger partial charge in [-0.15, -0.1) is 0 Å². The highest BCUT2D eigenvalue weighted by molar-refractivity contribution is 9.10. The number of hydrogen-bond acceptors (Lipinski definition) is 2. The molecule has 4 rings (SSSR count). The lowest BCUT2D eigenvalue weighted by Crippen LogP contribution is -2.09. The number of aromatic amines is 1. The van der Waals surface area contributed by atoms with Crippen LogP contribution in [0.3, 0.4) is 0 Å². The normalized spacial score (nSPS) is 11.5. The molecule has 2 aromatic carbocycles. The molecule has 0 saturated carbocycles. The zero-order valence-corrected chi connectivity index (χ0v) is 15.2. The van der Waals surface area contributed by atoms with Crippen LogP contribution in [0.5, 0.6) is 0 Å². The van der Waals surface area contributed by atoms with E-state index >= 15 is 0 Å². The van der Waals surface area contributed by atoms with Gasteiger partial charge in [0.2, 0.25) is 0 Å². The van der Waals surface area contributed by atoms with Crippen LogP contribution >= 0.6 is 15.9 Å². The molecule has 0 radical (unpaired) electrons. The third-order valence-electron chi connectivity index (χ3n) is 4.64. The van der Waals surface area contributed by atoms with E-state index in [4.69, 9.17) is 4.42 Å². The Kier molecular flexibility index (Phi) is 3.39. The fourth-order valence-electron chi connectivity index (χ4n) is 3.33. The molecule has 0 atom stereocenters. The van der Waals surface area contributed by atoms with Gasteiger partial charge in [0, 0.05) is 21.9 Å². The second-order valence-electron chi connectivity index (χ2n) is 6.18. The number of hydrogen-bond donors (Lipinski definition) is 1. The molecule has 24 heavy (non-hydrogen) atoms. The standard InChI is InChI=1S/C20H16BrNO2/c1-10-6-4-5-7-13(10)16-15-8-14-11(2)9-24-19(14)12(3)18(15)22-20(23)17(16)21/h4-9H,1-3H3,(H,22,23). The molecule has 0 fully saturated rings. The molecule has 0 amide bonds. The summed E-state index contributed by atoms with van der Waals surface area (Å²) in [5.41, 5.74) is 6.68. The Morgan fingerprint density at radius 1 is 1.04 bits per heavy atom. The molecule has 0 bridgehead atoms. The average molecular weight is 382 g/mol. The van der Waals surface area contributed by atoms with Crippen LogP contribution in [0.15, 0.2) is 50.3 Å². The lowest BCUT2D eigenvalue weighted by Gasteiger charge is -2.13. The predicted molar refractivity (Wildman–Crippen MR) is 102 cm³/mol. The third kappa shape index (κ3) is 2.06. The number of aromatic nitrogens is 1. The number of halogens is 1. The summed E-state index contributed by atoms with van der Waals surface area (Å²) in [5, 5.41) is 2.10. The largest absolute Gasteiger partial charge is 0.464 e. The van der Waals surface area contributed by atoms with E-state index in [1.165, 1.54) is 0 Å². The van der Waals surface area contributed by atoms with Crippen molar-refractivity contribution in [2.75, 3.05) is 0 Å². The van der Waals surface area contributed by atoms with Gasteiger partial charge in [-0.25, -0.2) is 0 Å². The van der Waals surface area contributed by atoms with Crippen LogP contribution in [0.25, 0.3) is 33.0 Å². The molecule has 1 N–H and O–H groups in total. The van der Waals surface area contributed by atoms with E-state index in [0.717, 1.165) is 49.7 Å². The van der Waals surface area contributed by atoms with Crippen molar-refractivity contribution in [2.45, 2.75) is 20.8 Å². The number of benzene rings is 2. The van der Waals surface area contributed by atoms with Crippen LogP contribution in [-0.2, 0) is 0 Å². The number of furan rings is 1. The van der Waals surface area contributed by atoms with Gasteiger partial charge in [-0.05, 0) is 59.5 Å². The fourth-order valence-corrected chi connectivity index (χ4v) is 3.86. The summed E-state index contributed by atoms with van der Waals surface area (Å²) in [4.78, 5) is 15.5. The molecule has 4 aromatic rings. The molecule has 0 aliphatic carbocycles. The van der Waals surface area contributed by atoms with Crippen LogP contribution in [-0.4, -0.2) is 4.98 Å². The quantitative estimate of drug-likeness (QED) is 0.464. The molecule has 0 aliphatic heterocycles. The summed E-state index contributed by atoms with van der Waals surface area (Å²) in [6, 6.07) is 10.2. The van der Waals surface area contributed by atoms with Crippen molar-refractivity contribution in [1.82, 2.24) is 4.98 Å². The third-order valence-corrected chi connectivity index (χ3v) is 5.39. The lowest BCUT2D eigenvalue weighted by molar-refractivity contribution is 0.611. The van der Waals surface area contributed by atoms with Crippen LogP contribution in [0.1, 0.15) is 16.7 Å². The highest BCUT2D eigenvalue weighted by Crippen LogP contribution is 2.38. The van der Waals surface area contributed by atoms with Crippen molar-refractivity contribution in [1.29, 1.82) is 0 Å². The first kappa shape index (κ1) is 15.2. The zero-order valence-electron chi connectivity index (χ0n) is 13.7. The van der Waals surface area contributed by atoms with Gasteiger partial charge in [-0.2, -0.15) is 0 Å². The van der Waals surface area contributed by atoms with Crippen LogP contribution < -0.4 is 5.56 Å². The predicted octanol–water partition coefficient (Wildman–Crippen LogP) is 5.63. The molecular weight excluding hydrogens is 366 g/mol. The first-order chi connectivity index (χ1) is 11.5. The van der Waals surface area contributed by atoms with Gasteiger partial charge < -0.3 is 9.40 Å². The summed E-state index contributed by atoms with van der Waals surface area (Å²) in [6.07, 6.45) is 1.76. The maximum Gasteiger partial charge on any atom is 0.263 e. The Hall–Kier alpha value is -2.33. The van der Waals surface area contributed by atoms with E-state index in [1.54, 1.807) is 6.26 Å². The number of H-pyrrole nitrogens is 1. The van der Waals surface area contributed by atoms with Crippen LogP contribution in [0.2, 0.25) is 0 Å². The summed E-state index contributed by atoms with van der Waals surface area (Å²) >= 11 is 3.50. The molecule has 2 heterocycles. The van der Waals surface area contributed by atoms with Crippen molar-refractivity contribution in [3.05, 3.63) is 68.1 Å². The van der Waals surface area contributed by atoms with Crippen molar-refractivity contribution < 1.29 is 4.42 Å². The number of pyridine rings is 1. The minimum atomic E-state index is -0.133. The molecular formula is C20H16BrNO2. The minimum Gasteiger partial charge on any atom is -0.464 e. The number of rotatable bonds is 1. The molecule has 4 heteroatoms. The Labute approximate surface area is 147 Å². The summed E-state index contributed by atoms with van der Waals surface area (Å²) in [7, 11) is 0. The first-order valence-electron chi connectivity index (χ1n) is 7.78. The second kappa shape index (κ2) is 5.35. The molecule has 2 aromatic heterocycles. The van der Waals surface area contributed by atoms with E-state index in [1.807, 2.05) is 26.0 Å². The van der Waals surface area contributed by atoms with Crippen molar-refractivity contribution in [2.24, 2.45) is 0 Å². The number of fused-ring (bicyclic) bond motifs is 2. The monoisotopic (exact) mass is 381 g/mol. The topological polar surface area (TPSA) is 46.0 Å². The minimum absolute atomic E-state index is 0.133. The first-order valence-corrected chi connectivity index (χ1v) is 8.57. The van der Waals surface area contributed by atoms with E-state index < -0.39 is 0 Å². The Morgan fingerprint density at radius 2 is 1.79 bits per heavy atom. The maximum absolute atomic E-state index is 12.5. The van der Waals surface area contributed by atoms with Gasteiger partial charge in [0.05, 0.1) is 16.3 Å². The molecule has 0 aliphatic rings. The van der Waals surface area contributed by atoms with Gasteiger partial charge >= 0.3 is 0 Å². The van der Waals surface area contributed by atoms with Gasteiger partial charge in [0.15, 0.2) is 0 Å². The molecule has 0 unspecified atom stereocenters. The number of aryl methyl sites for hydroxylation is 3. The lowest BCUT2D eigenvalue weighted by atomic mass is 9.95. The smallest absolute Gasteiger partial charge is 0.263 e. The SMILES string of the molecule is Cc1ccccc1-c1c(Br)c(=O)[nH]c2c(C)c3occ(C)c3cc12. The van der Waals surface area contributed by atoms with E-state index in [9.17, 15) is 4.79 Å². The van der Waals surface area contributed by atoms with Crippen LogP contribution in [0.4, 0.5) is 0 Å². The molecule has 3 nitrogen and oxygen atoms in total. The highest BCUT2D eigenvalue weighted by Gasteiger charge is 2.18. The van der Waals surface area contributed by atoms with Crippen LogP contribution in [0, 0.1) is 20.8 Å². The Bertz CT molecular complexity index is 1170. The van der Waals surface area contributed by atoms with Gasteiger partial charge in [0.1, 0.15) is 5.58 Å². The Balaban J connectivity index is 2.28. The van der Waals surface area contributed by atoms with Crippen molar-refractivity contribution >= 4 is 37.8 Å². The molecule has 0 spiro atoms. The summed E-state index contributed by atoms with van der Waals surface area (Å²) < 4.78 is 6.25. The Morgan fingerprint density at radius 3 is 2.54 bits per heavy atom. The summed E-state index contributed by atoms with van der Waals surface area (Å²) in [5.74, 6) is 0. The van der Waals surface area contributed by atoms with Gasteiger partial charge in [-0.3, -0.25) is 4.79 Å². The zero-order chi connectivity index (χ0) is 17.0. The van der Waals surface area contributed by atoms with Crippen molar-refractivity contribution in [3.63, 3.8) is 0 Å².